The molecular formula is C34H62N12P4. The fourth-order valence-corrected chi connectivity index (χ4v) is 31.6. The second-order valence-electron chi connectivity index (χ2n) is 15.7. The minimum absolute atomic E-state index is 0.893. The largest absolute Gasteiger partial charge is 0.241 e. The molecule has 0 saturated carbocycles. The number of nitrogens with zero attached hydrogens (tertiary/aromatic N) is 12. The van der Waals surface area contributed by atoms with Crippen LogP contribution in [0.5, 0.6) is 0 Å². The third kappa shape index (κ3) is 6.13. The second-order valence-corrected chi connectivity index (χ2v) is 27.5. The fourth-order valence-electron chi connectivity index (χ4n) is 9.71. The molecule has 8 aliphatic rings. The molecule has 1 aromatic carbocycles. The van der Waals surface area contributed by atoms with Crippen molar-refractivity contribution in [1.29, 1.82) is 0 Å². The third-order valence-corrected chi connectivity index (χ3v) is 29.3. The van der Waals surface area contributed by atoms with Crippen LogP contribution < -0.4 is 0 Å². The summed E-state index contributed by atoms with van der Waals surface area (Å²) < 4.78 is 49.4. The van der Waals surface area contributed by atoms with Gasteiger partial charge in [-0.1, -0.05) is 30.3 Å². The Balaban J connectivity index is 1.41. The highest BCUT2D eigenvalue weighted by atomic mass is 31.3. The number of likely N-dealkylation sites (N-methyl/N-ethyl adjacent to an activating group) is 1. The predicted molar refractivity (Wildman–Crippen MR) is 212 cm³/mol. The zero-order chi connectivity index (χ0) is 33.7. The SMILES string of the molecule is CN1CCN(Cc2ccccc2)P12=NP(N1CCCC1)(N1CCCC1)=NP(N1CCCC1)(N1CCCC1)=NP(N1CCCC1)(N1CCCC1)=N2. The van der Waals surface area contributed by atoms with Crippen LogP contribution in [0.2, 0.25) is 0 Å². The summed E-state index contributed by atoms with van der Waals surface area (Å²) in [6, 6.07) is 11.2. The molecule has 50 heavy (non-hydrogen) atoms. The van der Waals surface area contributed by atoms with Gasteiger partial charge < -0.3 is 0 Å². The molecule has 278 valence electrons. The van der Waals surface area contributed by atoms with E-state index in [9.17, 15) is 0 Å². The number of hydrogen-bond acceptors (Lipinski definition) is 12. The fraction of sp³-hybridized carbons (Fsp3) is 0.824. The van der Waals surface area contributed by atoms with Crippen molar-refractivity contribution in [3.8, 4) is 0 Å². The maximum atomic E-state index is 6.74. The lowest BCUT2D eigenvalue weighted by Crippen LogP contribution is -2.34. The van der Waals surface area contributed by atoms with Gasteiger partial charge in [0.1, 0.15) is 0 Å². The van der Waals surface area contributed by atoms with E-state index < -0.39 is 30.0 Å². The Morgan fingerprint density at radius 3 is 1.04 bits per heavy atom. The summed E-state index contributed by atoms with van der Waals surface area (Å²) in [7, 11) is -7.87. The molecular weight excluding hydrogens is 700 g/mol. The Morgan fingerprint density at radius 2 is 0.700 bits per heavy atom. The van der Waals surface area contributed by atoms with Gasteiger partial charge in [-0.3, -0.25) is 0 Å². The van der Waals surface area contributed by atoms with E-state index in [1.54, 1.807) is 0 Å². The molecule has 7 saturated heterocycles. The molecule has 8 aliphatic heterocycles. The molecule has 0 radical (unpaired) electrons. The van der Waals surface area contributed by atoms with Crippen LogP contribution in [0.4, 0.5) is 0 Å². The normalized spacial score (nSPS) is 33.5. The van der Waals surface area contributed by atoms with E-state index in [1.807, 2.05) is 0 Å². The van der Waals surface area contributed by atoms with Crippen LogP contribution in [0, 0.1) is 0 Å². The van der Waals surface area contributed by atoms with E-state index in [4.69, 9.17) is 18.1 Å². The molecule has 1 unspecified atom stereocenters. The van der Waals surface area contributed by atoms with Gasteiger partial charge in [-0.15, -0.1) is 0 Å². The van der Waals surface area contributed by atoms with Crippen molar-refractivity contribution < 1.29 is 0 Å². The molecule has 12 nitrogen and oxygen atoms in total. The highest BCUT2D eigenvalue weighted by molar-refractivity contribution is 7.83. The summed E-state index contributed by atoms with van der Waals surface area (Å²) in [5, 5.41) is 0. The minimum Gasteiger partial charge on any atom is -0.241 e. The molecule has 1 aromatic rings. The van der Waals surface area contributed by atoms with E-state index in [1.165, 1.54) is 82.6 Å². The predicted octanol–water partition coefficient (Wildman–Crippen LogP) is 8.81. The summed E-state index contributed by atoms with van der Waals surface area (Å²) >= 11 is 0. The number of rotatable bonds is 8. The number of hydrogen-bond donors (Lipinski definition) is 0. The molecule has 16 heteroatoms. The van der Waals surface area contributed by atoms with E-state index in [2.05, 4.69) is 74.7 Å². The van der Waals surface area contributed by atoms with Crippen molar-refractivity contribution in [1.82, 2.24) is 37.4 Å². The zero-order valence-corrected chi connectivity index (χ0v) is 34.2. The lowest BCUT2D eigenvalue weighted by molar-refractivity contribution is 0.443. The molecule has 1 atom stereocenters. The molecule has 7 fully saturated rings. The van der Waals surface area contributed by atoms with E-state index in [0.717, 1.165) is 98.2 Å². The minimum atomic E-state index is -2.61. The lowest BCUT2D eigenvalue weighted by atomic mass is 10.2. The van der Waals surface area contributed by atoms with E-state index in [-0.39, 0.29) is 0 Å². The topological polar surface area (TPSA) is 75.4 Å². The average Bonchev–Trinajstić information content (AvgIpc) is 4.00. The van der Waals surface area contributed by atoms with Crippen LogP contribution in [0.3, 0.4) is 0 Å². The van der Waals surface area contributed by atoms with E-state index in [0.29, 0.717) is 0 Å². The van der Waals surface area contributed by atoms with Crippen LogP contribution in [-0.2, 0) is 6.54 Å². The summed E-state index contributed by atoms with van der Waals surface area (Å²) in [6.45, 7) is 16.3. The highest BCUT2D eigenvalue weighted by Gasteiger charge is 2.54. The van der Waals surface area contributed by atoms with Crippen LogP contribution in [0.15, 0.2) is 48.4 Å². The Morgan fingerprint density at radius 1 is 0.400 bits per heavy atom. The molecule has 8 heterocycles. The van der Waals surface area contributed by atoms with Crippen LogP contribution >= 0.6 is 30.0 Å². The van der Waals surface area contributed by atoms with Crippen LogP contribution in [0.1, 0.15) is 82.6 Å². The van der Waals surface area contributed by atoms with Crippen molar-refractivity contribution in [3.63, 3.8) is 0 Å². The zero-order valence-electron chi connectivity index (χ0n) is 30.6. The van der Waals surface area contributed by atoms with Gasteiger partial charge in [0.2, 0.25) is 30.0 Å². The van der Waals surface area contributed by atoms with Crippen molar-refractivity contribution in [3.05, 3.63) is 35.9 Å². The van der Waals surface area contributed by atoms with Gasteiger partial charge in [0, 0.05) is 98.2 Å². The van der Waals surface area contributed by atoms with E-state index >= 15 is 0 Å². The van der Waals surface area contributed by atoms with Gasteiger partial charge in [0.15, 0.2) is 0 Å². The van der Waals surface area contributed by atoms with Crippen molar-refractivity contribution in [2.24, 2.45) is 18.1 Å². The summed E-state index contributed by atoms with van der Waals surface area (Å²) in [5.41, 5.74) is 1.37. The summed E-state index contributed by atoms with van der Waals surface area (Å²) in [6.07, 6.45) is 15.1. The first-order valence-corrected chi connectivity index (χ1v) is 26.6. The average molecular weight is 763 g/mol. The molecule has 0 aliphatic carbocycles. The Kier molecular flexibility index (Phi) is 10.5. The smallest absolute Gasteiger partial charge is 0.221 e. The maximum absolute atomic E-state index is 6.74. The van der Waals surface area contributed by atoms with Gasteiger partial charge in [0.05, 0.1) is 0 Å². The number of benzene rings is 1. The highest BCUT2D eigenvalue weighted by Crippen LogP contribution is 2.85. The quantitative estimate of drug-likeness (QED) is 0.244. The van der Waals surface area contributed by atoms with Gasteiger partial charge in [-0.05, 0) is 89.7 Å². The van der Waals surface area contributed by atoms with Crippen LogP contribution in [-0.4, -0.2) is 136 Å². The van der Waals surface area contributed by atoms with Crippen molar-refractivity contribution in [2.75, 3.05) is 98.7 Å². The first-order valence-electron chi connectivity index (χ1n) is 20.2. The van der Waals surface area contributed by atoms with Gasteiger partial charge in [0.25, 0.3) is 0 Å². The summed E-state index contributed by atoms with van der Waals surface area (Å²) in [5.74, 6) is 0. The van der Waals surface area contributed by atoms with Gasteiger partial charge in [-0.25, -0.2) is 37.4 Å². The van der Waals surface area contributed by atoms with Gasteiger partial charge in [-0.2, -0.15) is 18.1 Å². The Labute approximate surface area is 302 Å². The molecule has 9 rings (SSSR count). The maximum Gasteiger partial charge on any atom is 0.221 e. The summed E-state index contributed by atoms with van der Waals surface area (Å²) in [4.78, 5) is 0. The molecule has 0 bridgehead atoms. The van der Waals surface area contributed by atoms with Gasteiger partial charge >= 0.3 is 0 Å². The lowest BCUT2D eigenvalue weighted by Gasteiger charge is -2.49. The first-order chi connectivity index (χ1) is 24.6. The Hall–Kier alpha value is -0.180. The van der Waals surface area contributed by atoms with Crippen LogP contribution in [0.25, 0.3) is 0 Å². The molecule has 0 N–H and O–H groups in total. The standard InChI is InChI=1S/C34H62N12P4/c1-39-31-32-46(33-34-17-3-2-4-18-34)47(39)35-48(40-19-5-6-20-40,41-21-7-8-22-41)37-50(44-27-13-14-28-44,45-29-15-16-30-45)38-49(36-47,42-23-9-10-24-42)43-25-11-12-26-43/h2-4,17-18H,5-16,19-33H2,1H3. The first kappa shape index (κ1) is 35.5. The van der Waals surface area contributed by atoms with Crippen molar-refractivity contribution >= 4 is 30.0 Å². The molecule has 0 amide bonds. The molecule has 0 aromatic heterocycles. The Bertz CT molecular complexity index is 1490. The third-order valence-electron chi connectivity index (χ3n) is 12.5. The second kappa shape index (κ2) is 14.8. The molecule has 1 spiro atoms. The monoisotopic (exact) mass is 762 g/mol. The van der Waals surface area contributed by atoms with Crippen molar-refractivity contribution in [2.45, 2.75) is 83.6 Å².